The smallest absolute Gasteiger partial charge is 0.300 e. The molecule has 0 radical (unpaired) electrons. The molecular formula is C9H17N3O3. The first-order valence-electron chi connectivity index (χ1n) is 3.76. The summed E-state index contributed by atoms with van der Waals surface area (Å²) in [7, 11) is 0. The Hall–Kier alpha value is -2.08. The van der Waals surface area contributed by atoms with Gasteiger partial charge in [-0.05, 0) is 0 Å². The normalized spacial score (nSPS) is 6.47. The predicted molar refractivity (Wildman–Crippen MR) is 59.5 cm³/mol. The molecule has 0 aliphatic rings. The minimum absolute atomic E-state index is 0. The number of nitrogens with one attached hydrogen (secondary N) is 1. The second kappa shape index (κ2) is 14.4. The van der Waals surface area contributed by atoms with Crippen LogP contribution in [0, 0.1) is 5.41 Å². The van der Waals surface area contributed by atoms with Crippen LogP contribution < -0.4 is 11.5 Å². The number of hydrogen-bond donors (Lipinski definition) is 4. The molecule has 1 aromatic carbocycles. The minimum Gasteiger partial charge on any atom is -0.481 e. The topological polar surface area (TPSA) is 145 Å². The maximum Gasteiger partial charge on any atom is 0.300 e. The van der Waals surface area contributed by atoms with E-state index in [0.717, 1.165) is 6.92 Å². The molecule has 0 spiro atoms. The molecular weight excluding hydrogens is 198 g/mol. The summed E-state index contributed by atoms with van der Waals surface area (Å²) in [5, 5.41) is 13.5. The third-order valence-corrected chi connectivity index (χ3v) is 0.667. The average molecular weight is 215 g/mol. The van der Waals surface area contributed by atoms with Crippen LogP contribution in [0.3, 0.4) is 0 Å². The number of hydrogen-bond acceptors (Lipinski definition) is 2. The highest BCUT2D eigenvalue weighted by Crippen LogP contribution is 1.79. The van der Waals surface area contributed by atoms with E-state index in [1.165, 1.54) is 0 Å². The van der Waals surface area contributed by atoms with Gasteiger partial charge in [-0.25, -0.2) is 0 Å². The lowest BCUT2D eigenvalue weighted by Gasteiger charge is -1.69. The number of carbonyl (C=O) groups is 1. The maximum absolute atomic E-state index is 9.00. The van der Waals surface area contributed by atoms with Crippen molar-refractivity contribution in [3.63, 3.8) is 0 Å². The van der Waals surface area contributed by atoms with E-state index in [-0.39, 0.29) is 11.4 Å². The molecule has 0 aliphatic carbocycles. The van der Waals surface area contributed by atoms with E-state index < -0.39 is 5.97 Å². The summed E-state index contributed by atoms with van der Waals surface area (Å²) in [4.78, 5) is 9.00. The summed E-state index contributed by atoms with van der Waals surface area (Å²) >= 11 is 0. The van der Waals surface area contributed by atoms with Crippen molar-refractivity contribution < 1.29 is 15.4 Å². The Balaban J connectivity index is -0.000000145. The number of nitrogens with two attached hydrogens (primary N) is 2. The Morgan fingerprint density at radius 3 is 1.20 bits per heavy atom. The molecule has 6 nitrogen and oxygen atoms in total. The lowest BCUT2D eigenvalue weighted by molar-refractivity contribution is -0.134. The fourth-order valence-electron chi connectivity index (χ4n) is 0.385. The molecule has 6 heteroatoms. The van der Waals surface area contributed by atoms with Crippen molar-refractivity contribution >= 4 is 11.9 Å². The number of aliphatic carboxylic acids is 1. The minimum atomic E-state index is -0.833. The van der Waals surface area contributed by atoms with Crippen molar-refractivity contribution in [2.24, 2.45) is 11.5 Å². The van der Waals surface area contributed by atoms with Gasteiger partial charge in [-0.1, -0.05) is 36.4 Å². The highest BCUT2D eigenvalue weighted by Gasteiger charge is 1.65. The van der Waals surface area contributed by atoms with Gasteiger partial charge in [0.25, 0.3) is 5.97 Å². The van der Waals surface area contributed by atoms with Crippen molar-refractivity contribution in [2.75, 3.05) is 0 Å². The summed E-state index contributed by atoms with van der Waals surface area (Å²) in [6, 6.07) is 12.0. The number of benzene rings is 1. The second-order valence-electron chi connectivity index (χ2n) is 2.13. The fraction of sp³-hybridized carbons (Fsp3) is 0.111. The van der Waals surface area contributed by atoms with Gasteiger partial charge in [-0.2, -0.15) is 0 Å². The summed E-state index contributed by atoms with van der Waals surface area (Å²) in [6.45, 7) is 1.08. The first-order valence-corrected chi connectivity index (χ1v) is 3.76. The zero-order valence-corrected chi connectivity index (χ0v) is 8.47. The van der Waals surface area contributed by atoms with Crippen LogP contribution in [0.2, 0.25) is 0 Å². The first-order chi connectivity index (χ1) is 6.46. The van der Waals surface area contributed by atoms with Gasteiger partial charge < -0.3 is 22.1 Å². The number of carboxylic acid groups (broad SMARTS) is 1. The zero-order valence-electron chi connectivity index (χ0n) is 8.47. The van der Waals surface area contributed by atoms with Gasteiger partial charge >= 0.3 is 0 Å². The van der Waals surface area contributed by atoms with E-state index in [4.69, 9.17) is 15.3 Å². The van der Waals surface area contributed by atoms with E-state index in [9.17, 15) is 0 Å². The van der Waals surface area contributed by atoms with Crippen LogP contribution in [0.15, 0.2) is 36.4 Å². The van der Waals surface area contributed by atoms with Crippen LogP contribution in [0.5, 0.6) is 0 Å². The van der Waals surface area contributed by atoms with Gasteiger partial charge in [0.05, 0.1) is 0 Å². The molecule has 0 fully saturated rings. The van der Waals surface area contributed by atoms with Crippen molar-refractivity contribution in [1.29, 1.82) is 5.41 Å². The Bertz CT molecular complexity index is 205. The van der Waals surface area contributed by atoms with Crippen LogP contribution in [-0.2, 0) is 4.79 Å². The standard InChI is InChI=1S/C6H6.C2H4O2.CH5N3.H2O/c1-2-4-6-5-3-1;1-2(3)4;2-1(3)4;/h1-6H;1H3,(H,3,4);(H5,2,3,4);1H2. The summed E-state index contributed by atoms with van der Waals surface area (Å²) in [5.41, 5.74) is 8.94. The summed E-state index contributed by atoms with van der Waals surface area (Å²) < 4.78 is 0. The first kappa shape index (κ1) is 18.7. The molecule has 86 valence electrons. The average Bonchev–Trinajstić information content (AvgIpc) is 2.05. The van der Waals surface area contributed by atoms with Crippen molar-refractivity contribution in [1.82, 2.24) is 0 Å². The molecule has 0 aliphatic heterocycles. The Morgan fingerprint density at radius 1 is 1.07 bits per heavy atom. The fourth-order valence-corrected chi connectivity index (χ4v) is 0.385. The van der Waals surface area contributed by atoms with Gasteiger partial charge in [0.1, 0.15) is 0 Å². The van der Waals surface area contributed by atoms with Crippen LogP contribution in [0.4, 0.5) is 0 Å². The van der Waals surface area contributed by atoms with Gasteiger partial charge in [-0.3, -0.25) is 10.2 Å². The van der Waals surface area contributed by atoms with Crippen LogP contribution >= 0.6 is 0 Å². The third kappa shape index (κ3) is 76.3. The number of guanidine groups is 1. The molecule has 1 aromatic rings. The Kier molecular flexibility index (Phi) is 18.0. The van der Waals surface area contributed by atoms with Crippen molar-refractivity contribution in [3.8, 4) is 0 Å². The van der Waals surface area contributed by atoms with Gasteiger partial charge in [-0.15, -0.1) is 0 Å². The lowest BCUT2D eigenvalue weighted by Crippen LogP contribution is -2.20. The highest BCUT2D eigenvalue weighted by molar-refractivity contribution is 5.71. The van der Waals surface area contributed by atoms with E-state index in [1.54, 1.807) is 0 Å². The monoisotopic (exact) mass is 215 g/mol. The van der Waals surface area contributed by atoms with E-state index in [1.807, 2.05) is 36.4 Å². The molecule has 0 amide bonds. The molecule has 0 saturated carbocycles. The van der Waals surface area contributed by atoms with Crippen LogP contribution in [-0.4, -0.2) is 22.5 Å². The molecule has 0 heterocycles. The van der Waals surface area contributed by atoms with Crippen molar-refractivity contribution in [2.45, 2.75) is 6.92 Å². The Morgan fingerprint density at radius 2 is 1.13 bits per heavy atom. The molecule has 1 rings (SSSR count). The maximum atomic E-state index is 9.00. The molecule has 15 heavy (non-hydrogen) atoms. The molecule has 0 unspecified atom stereocenters. The number of rotatable bonds is 0. The highest BCUT2D eigenvalue weighted by atomic mass is 16.4. The summed E-state index contributed by atoms with van der Waals surface area (Å²) in [6.07, 6.45) is 0. The third-order valence-electron chi connectivity index (χ3n) is 0.667. The van der Waals surface area contributed by atoms with E-state index >= 15 is 0 Å². The predicted octanol–water partition coefficient (Wildman–Crippen LogP) is -0.209. The van der Waals surface area contributed by atoms with Gasteiger partial charge in [0.2, 0.25) is 0 Å². The van der Waals surface area contributed by atoms with Crippen molar-refractivity contribution in [3.05, 3.63) is 36.4 Å². The summed E-state index contributed by atoms with van der Waals surface area (Å²) in [5.74, 6) is -1.17. The quantitative estimate of drug-likeness (QED) is 0.350. The molecule has 0 saturated heterocycles. The van der Waals surface area contributed by atoms with Gasteiger partial charge in [0, 0.05) is 6.92 Å². The van der Waals surface area contributed by atoms with E-state index in [2.05, 4.69) is 11.5 Å². The molecule has 0 bridgehead atoms. The SMILES string of the molecule is CC(=O)O.N=C(N)N.O.c1ccccc1. The van der Waals surface area contributed by atoms with E-state index in [0.29, 0.717) is 0 Å². The Labute approximate surface area is 88.3 Å². The molecule has 0 aromatic heterocycles. The number of carboxylic acids is 1. The van der Waals surface area contributed by atoms with Gasteiger partial charge in [0.15, 0.2) is 5.96 Å². The van der Waals surface area contributed by atoms with Crippen LogP contribution in [0.25, 0.3) is 0 Å². The molecule has 0 atom stereocenters. The second-order valence-corrected chi connectivity index (χ2v) is 2.13. The lowest BCUT2D eigenvalue weighted by atomic mass is 10.4. The zero-order chi connectivity index (χ0) is 11.4. The molecule has 8 N–H and O–H groups in total. The largest absolute Gasteiger partial charge is 0.481 e. The van der Waals surface area contributed by atoms with Crippen LogP contribution in [0.1, 0.15) is 6.92 Å².